The van der Waals surface area contributed by atoms with E-state index in [0.717, 1.165) is 12.1 Å². The molecule has 4 nitrogen and oxygen atoms in total. The monoisotopic (exact) mass is 265 g/mol. The van der Waals surface area contributed by atoms with Crippen molar-refractivity contribution in [3.63, 3.8) is 0 Å². The molecule has 0 saturated heterocycles. The average Bonchev–Trinajstić information content (AvgIpc) is 2.72. The molecule has 1 aromatic heterocycles. The lowest BCUT2D eigenvalue weighted by molar-refractivity contribution is -0.119. The van der Waals surface area contributed by atoms with Gasteiger partial charge in [0.1, 0.15) is 0 Å². The molecule has 1 aromatic rings. The summed E-state index contributed by atoms with van der Waals surface area (Å²) in [5, 5.41) is 2.00. The summed E-state index contributed by atoms with van der Waals surface area (Å²) >= 11 is 1.64. The molecule has 0 aliphatic heterocycles. The minimum absolute atomic E-state index is 0.276. The van der Waals surface area contributed by atoms with E-state index in [1.165, 1.54) is 4.88 Å². The molecule has 0 saturated carbocycles. The summed E-state index contributed by atoms with van der Waals surface area (Å²) in [6.45, 7) is 5.46. The van der Waals surface area contributed by atoms with Crippen LogP contribution in [0.25, 0.3) is 0 Å². The van der Waals surface area contributed by atoms with Crippen molar-refractivity contribution in [2.24, 2.45) is 11.5 Å². The van der Waals surface area contributed by atoms with Gasteiger partial charge in [0.15, 0.2) is 0 Å². The number of nitrogens with zero attached hydrogens (tertiary/aromatic N) is 1. The molecular weight excluding hydrogens is 246 g/mol. The molecular formula is C13H19N3OS. The van der Waals surface area contributed by atoms with Crippen molar-refractivity contribution in [2.45, 2.75) is 26.4 Å². The van der Waals surface area contributed by atoms with E-state index < -0.39 is 0 Å². The summed E-state index contributed by atoms with van der Waals surface area (Å²) in [7, 11) is 0. The van der Waals surface area contributed by atoms with E-state index in [4.69, 9.17) is 11.5 Å². The number of primary amides is 1. The van der Waals surface area contributed by atoms with E-state index >= 15 is 0 Å². The maximum Gasteiger partial charge on any atom is 0.231 e. The predicted octanol–water partition coefficient (Wildman–Crippen LogP) is 0.754. The van der Waals surface area contributed by atoms with Crippen LogP contribution in [-0.2, 0) is 11.3 Å². The summed E-state index contributed by atoms with van der Waals surface area (Å²) in [6, 6.07) is 2.31. The third-order valence-electron chi connectivity index (χ3n) is 2.44. The van der Waals surface area contributed by atoms with Crippen molar-refractivity contribution in [1.29, 1.82) is 0 Å². The van der Waals surface area contributed by atoms with Crippen molar-refractivity contribution in [3.8, 4) is 11.8 Å². The molecule has 0 bridgehead atoms. The predicted molar refractivity (Wildman–Crippen MR) is 75.0 cm³/mol. The molecule has 1 heterocycles. The zero-order chi connectivity index (χ0) is 13.5. The van der Waals surface area contributed by atoms with Crippen LogP contribution in [0, 0.1) is 11.8 Å². The quantitative estimate of drug-likeness (QED) is 0.772. The lowest BCUT2D eigenvalue weighted by Gasteiger charge is -2.24. The molecule has 98 valence electrons. The zero-order valence-corrected chi connectivity index (χ0v) is 11.6. The Bertz CT molecular complexity index is 456. The van der Waals surface area contributed by atoms with E-state index in [-0.39, 0.29) is 18.5 Å². The first-order valence-electron chi connectivity index (χ1n) is 5.81. The highest BCUT2D eigenvalue weighted by Crippen LogP contribution is 2.17. The first-order valence-corrected chi connectivity index (χ1v) is 6.69. The minimum atomic E-state index is -0.302. The largest absolute Gasteiger partial charge is 0.369 e. The van der Waals surface area contributed by atoms with Gasteiger partial charge in [-0.25, -0.2) is 0 Å². The van der Waals surface area contributed by atoms with Gasteiger partial charge in [0.2, 0.25) is 5.91 Å². The van der Waals surface area contributed by atoms with Crippen LogP contribution in [0.2, 0.25) is 0 Å². The minimum Gasteiger partial charge on any atom is -0.369 e. The second-order valence-electron chi connectivity index (χ2n) is 4.27. The normalized spacial score (nSPS) is 10.5. The van der Waals surface area contributed by atoms with Gasteiger partial charge >= 0.3 is 0 Å². The van der Waals surface area contributed by atoms with Crippen LogP contribution in [0.3, 0.4) is 0 Å². The smallest absolute Gasteiger partial charge is 0.231 e. The molecule has 4 N–H and O–H groups in total. The summed E-state index contributed by atoms with van der Waals surface area (Å²) < 4.78 is 0. The molecule has 0 fully saturated rings. The Hall–Kier alpha value is -1.35. The summed E-state index contributed by atoms with van der Waals surface area (Å²) in [5.41, 5.74) is 11.5. The van der Waals surface area contributed by atoms with Gasteiger partial charge in [-0.3, -0.25) is 9.69 Å². The van der Waals surface area contributed by atoms with E-state index in [9.17, 15) is 4.79 Å². The number of rotatable bonds is 5. The maximum atomic E-state index is 11.0. The molecule has 0 aromatic carbocycles. The van der Waals surface area contributed by atoms with Crippen molar-refractivity contribution in [3.05, 3.63) is 21.9 Å². The van der Waals surface area contributed by atoms with Gasteiger partial charge in [0, 0.05) is 28.4 Å². The van der Waals surface area contributed by atoms with Crippen LogP contribution in [0.1, 0.15) is 24.3 Å². The molecule has 0 aliphatic rings. The Morgan fingerprint density at radius 2 is 2.28 bits per heavy atom. The van der Waals surface area contributed by atoms with E-state index in [0.29, 0.717) is 6.54 Å². The summed E-state index contributed by atoms with van der Waals surface area (Å²) in [5.74, 6) is 5.51. The van der Waals surface area contributed by atoms with E-state index in [2.05, 4.69) is 11.8 Å². The Balaban J connectivity index is 2.69. The summed E-state index contributed by atoms with van der Waals surface area (Å²) in [6.07, 6.45) is 0. The fourth-order valence-electron chi connectivity index (χ4n) is 1.50. The van der Waals surface area contributed by atoms with Gasteiger partial charge < -0.3 is 11.5 Å². The molecule has 1 amide bonds. The number of amides is 1. The molecule has 18 heavy (non-hydrogen) atoms. The molecule has 1 rings (SSSR count). The van der Waals surface area contributed by atoms with Crippen LogP contribution in [0.15, 0.2) is 11.4 Å². The second kappa shape index (κ2) is 7.17. The van der Waals surface area contributed by atoms with Gasteiger partial charge in [-0.1, -0.05) is 11.8 Å². The number of carbonyl (C=O) groups is 1. The van der Waals surface area contributed by atoms with Gasteiger partial charge in [-0.2, -0.15) is 0 Å². The Morgan fingerprint density at radius 3 is 2.83 bits per heavy atom. The highest BCUT2D eigenvalue weighted by Gasteiger charge is 2.13. The number of nitrogens with two attached hydrogens (primary N) is 2. The zero-order valence-electron chi connectivity index (χ0n) is 10.8. The SMILES string of the molecule is CC(C)N(CC(N)=O)Cc1cc(C#CCN)cs1. The summed E-state index contributed by atoms with van der Waals surface area (Å²) in [4.78, 5) is 14.2. The average molecular weight is 265 g/mol. The van der Waals surface area contributed by atoms with Crippen LogP contribution in [-0.4, -0.2) is 29.9 Å². The van der Waals surface area contributed by atoms with Crippen LogP contribution >= 0.6 is 11.3 Å². The molecule has 0 radical (unpaired) electrons. The lowest BCUT2D eigenvalue weighted by atomic mass is 10.2. The number of carbonyl (C=O) groups excluding carboxylic acids is 1. The fraction of sp³-hybridized carbons (Fsp3) is 0.462. The molecule has 0 aliphatic carbocycles. The topological polar surface area (TPSA) is 72.3 Å². The standard InChI is InChI=1S/C13H19N3OS/c1-10(2)16(8-13(15)17)7-12-6-11(9-18-12)4-3-5-14/h6,9-10H,5,7-8,14H2,1-2H3,(H2,15,17). The number of hydrogen-bond donors (Lipinski definition) is 2. The first-order chi connectivity index (χ1) is 8.52. The Kier molecular flexibility index (Phi) is 5.86. The van der Waals surface area contributed by atoms with E-state index in [1.807, 2.05) is 30.2 Å². The number of thiophene rings is 1. The Labute approximate surface area is 112 Å². The third kappa shape index (κ3) is 4.88. The first kappa shape index (κ1) is 14.7. The fourth-order valence-corrected chi connectivity index (χ4v) is 2.34. The molecule has 0 unspecified atom stereocenters. The van der Waals surface area contributed by atoms with Crippen LogP contribution in [0.5, 0.6) is 0 Å². The van der Waals surface area contributed by atoms with Gasteiger partial charge in [0.25, 0.3) is 0 Å². The van der Waals surface area contributed by atoms with Crippen LogP contribution in [0.4, 0.5) is 0 Å². The van der Waals surface area contributed by atoms with Crippen molar-refractivity contribution >= 4 is 17.2 Å². The van der Waals surface area contributed by atoms with E-state index in [1.54, 1.807) is 11.3 Å². The third-order valence-corrected chi connectivity index (χ3v) is 3.36. The van der Waals surface area contributed by atoms with Gasteiger partial charge in [-0.05, 0) is 19.9 Å². The van der Waals surface area contributed by atoms with Gasteiger partial charge in [0.05, 0.1) is 13.1 Å². The van der Waals surface area contributed by atoms with Crippen molar-refractivity contribution in [1.82, 2.24) is 4.90 Å². The number of hydrogen-bond acceptors (Lipinski definition) is 4. The molecule has 5 heteroatoms. The highest BCUT2D eigenvalue weighted by molar-refractivity contribution is 7.10. The Morgan fingerprint density at radius 1 is 1.56 bits per heavy atom. The molecule has 0 spiro atoms. The van der Waals surface area contributed by atoms with Crippen molar-refractivity contribution in [2.75, 3.05) is 13.1 Å². The molecule has 0 atom stereocenters. The van der Waals surface area contributed by atoms with Crippen LogP contribution < -0.4 is 11.5 Å². The maximum absolute atomic E-state index is 11.0. The highest BCUT2D eigenvalue weighted by atomic mass is 32.1. The van der Waals surface area contributed by atoms with Crippen molar-refractivity contribution < 1.29 is 4.79 Å². The van der Waals surface area contributed by atoms with Gasteiger partial charge in [-0.15, -0.1) is 11.3 Å². The lowest BCUT2D eigenvalue weighted by Crippen LogP contribution is -2.37. The second-order valence-corrected chi connectivity index (χ2v) is 5.27.